The maximum absolute atomic E-state index is 12.1. The van der Waals surface area contributed by atoms with E-state index in [2.05, 4.69) is 31.0 Å². The minimum absolute atomic E-state index is 0.0563. The molecule has 0 spiro atoms. The van der Waals surface area contributed by atoms with Crippen molar-refractivity contribution in [1.82, 2.24) is 10.2 Å². The lowest BCUT2D eigenvalue weighted by atomic mass is 9.94. The summed E-state index contributed by atoms with van der Waals surface area (Å²) in [5.74, 6) is 0.901. The van der Waals surface area contributed by atoms with Crippen LogP contribution in [0.25, 0.3) is 0 Å². The number of nitrogens with one attached hydrogen (secondary N) is 1. The number of sulfone groups is 1. The first-order valence-corrected chi connectivity index (χ1v) is 10.6. The van der Waals surface area contributed by atoms with E-state index in [4.69, 9.17) is 5.73 Å². The van der Waals surface area contributed by atoms with E-state index in [-0.39, 0.29) is 18.1 Å². The van der Waals surface area contributed by atoms with Gasteiger partial charge in [-0.2, -0.15) is 0 Å². The third-order valence-electron chi connectivity index (χ3n) is 4.68. The Labute approximate surface area is 141 Å². The maximum atomic E-state index is 12.1. The highest BCUT2D eigenvalue weighted by Gasteiger charge is 2.26. The van der Waals surface area contributed by atoms with Gasteiger partial charge in [-0.05, 0) is 44.2 Å². The summed E-state index contributed by atoms with van der Waals surface area (Å²) in [7, 11) is -3.09. The molecule has 1 aliphatic rings. The quantitative estimate of drug-likeness (QED) is 0.671. The number of rotatable bonds is 8. The number of carbonyl (C=O) groups is 1. The summed E-state index contributed by atoms with van der Waals surface area (Å²) in [5.41, 5.74) is 5.79. The summed E-state index contributed by atoms with van der Waals surface area (Å²) in [4.78, 5) is 14.5. The molecule has 1 saturated heterocycles. The molecule has 6 nitrogen and oxygen atoms in total. The lowest BCUT2D eigenvalue weighted by Crippen LogP contribution is -2.52. The highest BCUT2D eigenvalue weighted by atomic mass is 32.2. The molecule has 0 aromatic rings. The average Bonchev–Trinajstić information content (AvgIpc) is 2.45. The average molecular weight is 348 g/mol. The fourth-order valence-electron chi connectivity index (χ4n) is 2.96. The fourth-order valence-corrected chi connectivity index (χ4v) is 3.64. The largest absolute Gasteiger partial charge is 0.353 e. The summed E-state index contributed by atoms with van der Waals surface area (Å²) in [5, 5.41) is 2.91. The zero-order valence-corrected chi connectivity index (χ0v) is 15.7. The second kappa shape index (κ2) is 8.99. The molecule has 1 heterocycles. The molecule has 0 radical (unpaired) electrons. The van der Waals surface area contributed by atoms with Crippen molar-refractivity contribution in [3.05, 3.63) is 0 Å². The van der Waals surface area contributed by atoms with Gasteiger partial charge >= 0.3 is 0 Å². The second-order valence-corrected chi connectivity index (χ2v) is 9.56. The smallest absolute Gasteiger partial charge is 0.237 e. The lowest BCUT2D eigenvalue weighted by Gasteiger charge is -2.39. The van der Waals surface area contributed by atoms with Crippen molar-refractivity contribution < 1.29 is 13.2 Å². The van der Waals surface area contributed by atoms with Crippen LogP contribution in [0, 0.1) is 11.8 Å². The number of nitrogens with zero attached hydrogens (tertiary/aromatic N) is 1. The molecule has 0 aromatic heterocycles. The number of likely N-dealkylation sites (tertiary alicyclic amines) is 1. The summed E-state index contributed by atoms with van der Waals surface area (Å²) in [6, 6.07) is -0.465. The molecule has 7 heteroatoms. The SMILES string of the molecule is CC1CCN(C(CNC(=O)C(N)CCS(C)(=O)=O)C(C)C)CC1. The van der Waals surface area contributed by atoms with E-state index in [9.17, 15) is 13.2 Å². The topological polar surface area (TPSA) is 92.5 Å². The molecule has 1 amide bonds. The van der Waals surface area contributed by atoms with Crippen LogP contribution < -0.4 is 11.1 Å². The van der Waals surface area contributed by atoms with E-state index in [1.54, 1.807) is 0 Å². The third kappa shape index (κ3) is 7.63. The molecule has 0 aromatic carbocycles. The molecule has 1 rings (SSSR count). The van der Waals surface area contributed by atoms with Crippen molar-refractivity contribution in [2.75, 3.05) is 31.6 Å². The van der Waals surface area contributed by atoms with Crippen molar-refractivity contribution in [2.24, 2.45) is 17.6 Å². The van der Waals surface area contributed by atoms with Gasteiger partial charge in [0.25, 0.3) is 0 Å². The monoisotopic (exact) mass is 347 g/mol. The van der Waals surface area contributed by atoms with E-state index in [0.29, 0.717) is 18.5 Å². The van der Waals surface area contributed by atoms with Crippen LogP contribution in [0.1, 0.15) is 40.0 Å². The molecular weight excluding hydrogens is 314 g/mol. The number of hydrogen-bond donors (Lipinski definition) is 2. The van der Waals surface area contributed by atoms with Crippen molar-refractivity contribution in [1.29, 1.82) is 0 Å². The minimum atomic E-state index is -3.09. The molecule has 23 heavy (non-hydrogen) atoms. The molecule has 136 valence electrons. The van der Waals surface area contributed by atoms with Crippen LogP contribution in [-0.2, 0) is 14.6 Å². The van der Waals surface area contributed by atoms with Crippen LogP contribution in [0.15, 0.2) is 0 Å². The predicted octanol–water partition coefficient (Wildman–Crippen LogP) is 0.621. The molecular formula is C16H33N3O3S. The molecule has 1 fully saturated rings. The van der Waals surface area contributed by atoms with Gasteiger partial charge in [-0.15, -0.1) is 0 Å². The van der Waals surface area contributed by atoms with Gasteiger partial charge in [-0.1, -0.05) is 20.8 Å². The molecule has 0 aliphatic carbocycles. The number of amides is 1. The Hall–Kier alpha value is -0.660. The van der Waals surface area contributed by atoms with Gasteiger partial charge in [0.2, 0.25) is 5.91 Å². The Morgan fingerprint density at radius 3 is 2.35 bits per heavy atom. The number of nitrogens with two attached hydrogens (primary N) is 1. The van der Waals surface area contributed by atoms with Gasteiger partial charge in [0, 0.05) is 18.8 Å². The Morgan fingerprint density at radius 2 is 1.87 bits per heavy atom. The Balaban J connectivity index is 2.46. The van der Waals surface area contributed by atoms with Crippen molar-refractivity contribution >= 4 is 15.7 Å². The summed E-state index contributed by atoms with van der Waals surface area (Å²) >= 11 is 0. The van der Waals surface area contributed by atoms with Crippen molar-refractivity contribution in [3.63, 3.8) is 0 Å². The van der Waals surface area contributed by atoms with Gasteiger partial charge in [-0.25, -0.2) is 8.42 Å². The molecule has 1 aliphatic heterocycles. The summed E-state index contributed by atoms with van der Waals surface area (Å²) in [6.07, 6.45) is 3.72. The van der Waals surface area contributed by atoms with Crippen LogP contribution >= 0.6 is 0 Å². The molecule has 2 unspecified atom stereocenters. The standard InChI is InChI=1S/C16H33N3O3S/c1-12(2)15(19-8-5-13(3)6-9-19)11-18-16(20)14(17)7-10-23(4,21)22/h12-15H,5-11,17H2,1-4H3,(H,18,20). The van der Waals surface area contributed by atoms with Crippen LogP contribution in [0.5, 0.6) is 0 Å². The van der Waals surface area contributed by atoms with Gasteiger partial charge in [-0.3, -0.25) is 9.69 Å². The molecule has 3 N–H and O–H groups in total. The Bertz CT molecular complexity index is 471. The van der Waals surface area contributed by atoms with Crippen molar-refractivity contribution in [3.8, 4) is 0 Å². The van der Waals surface area contributed by atoms with Gasteiger partial charge in [0.05, 0.1) is 11.8 Å². The van der Waals surface area contributed by atoms with Gasteiger partial charge in [0.15, 0.2) is 0 Å². The zero-order chi connectivity index (χ0) is 17.6. The number of piperidine rings is 1. The highest BCUT2D eigenvalue weighted by Crippen LogP contribution is 2.21. The maximum Gasteiger partial charge on any atom is 0.237 e. The first-order valence-electron chi connectivity index (χ1n) is 8.55. The molecule has 0 saturated carbocycles. The second-order valence-electron chi connectivity index (χ2n) is 7.30. The molecule has 2 atom stereocenters. The van der Waals surface area contributed by atoms with E-state index in [1.165, 1.54) is 12.8 Å². The van der Waals surface area contributed by atoms with Crippen LogP contribution in [0.3, 0.4) is 0 Å². The number of carbonyl (C=O) groups excluding carboxylic acids is 1. The van der Waals surface area contributed by atoms with Crippen LogP contribution in [0.2, 0.25) is 0 Å². The van der Waals surface area contributed by atoms with E-state index in [0.717, 1.165) is 25.3 Å². The van der Waals surface area contributed by atoms with Gasteiger partial charge in [0.1, 0.15) is 9.84 Å². The Kier molecular flexibility index (Phi) is 7.97. The fraction of sp³-hybridized carbons (Fsp3) is 0.938. The summed E-state index contributed by atoms with van der Waals surface area (Å²) < 4.78 is 22.3. The first-order chi connectivity index (χ1) is 10.6. The normalized spacial score (nSPS) is 20.4. The van der Waals surface area contributed by atoms with Crippen molar-refractivity contribution in [2.45, 2.75) is 52.1 Å². The van der Waals surface area contributed by atoms with E-state index < -0.39 is 15.9 Å². The van der Waals surface area contributed by atoms with E-state index >= 15 is 0 Å². The zero-order valence-electron chi connectivity index (χ0n) is 14.9. The molecule has 0 bridgehead atoms. The lowest BCUT2D eigenvalue weighted by molar-refractivity contribution is -0.122. The predicted molar refractivity (Wildman–Crippen MR) is 93.9 cm³/mol. The highest BCUT2D eigenvalue weighted by molar-refractivity contribution is 7.90. The first kappa shape index (κ1) is 20.4. The van der Waals surface area contributed by atoms with Crippen LogP contribution in [0.4, 0.5) is 0 Å². The van der Waals surface area contributed by atoms with E-state index in [1.807, 2.05) is 0 Å². The Morgan fingerprint density at radius 1 is 1.30 bits per heavy atom. The van der Waals surface area contributed by atoms with Crippen LogP contribution in [-0.4, -0.2) is 63.0 Å². The summed E-state index contributed by atoms with van der Waals surface area (Å²) in [6.45, 7) is 9.32. The third-order valence-corrected chi connectivity index (χ3v) is 5.66. The number of hydrogen-bond acceptors (Lipinski definition) is 5. The van der Waals surface area contributed by atoms with Gasteiger partial charge < -0.3 is 11.1 Å². The minimum Gasteiger partial charge on any atom is -0.353 e.